The molecule has 0 saturated heterocycles. The molecule has 19 heavy (non-hydrogen) atoms. The summed E-state index contributed by atoms with van der Waals surface area (Å²) >= 11 is 1.78. The molecule has 100 valence electrons. The zero-order valence-corrected chi connectivity index (χ0v) is 11.9. The van der Waals surface area contributed by atoms with Gasteiger partial charge in [0, 0.05) is 12.6 Å². The average Bonchev–Trinajstić information content (AvgIpc) is 2.87. The van der Waals surface area contributed by atoms with Crippen LogP contribution in [0.3, 0.4) is 0 Å². The molecule has 2 heterocycles. The van der Waals surface area contributed by atoms with Crippen LogP contribution in [-0.2, 0) is 13.0 Å². The van der Waals surface area contributed by atoms with Gasteiger partial charge in [0.1, 0.15) is 0 Å². The molecular weight excluding hydrogens is 252 g/mol. The second-order valence-corrected chi connectivity index (χ2v) is 5.83. The summed E-state index contributed by atoms with van der Waals surface area (Å²) in [6.45, 7) is 3.14. The van der Waals surface area contributed by atoms with E-state index >= 15 is 0 Å². The summed E-state index contributed by atoms with van der Waals surface area (Å²) in [7, 11) is 0. The zero-order chi connectivity index (χ0) is 12.9. The average molecular weight is 272 g/mol. The van der Waals surface area contributed by atoms with Crippen molar-refractivity contribution >= 4 is 11.3 Å². The molecule has 1 aliphatic rings. The minimum Gasteiger partial charge on any atom is -0.313 e. The van der Waals surface area contributed by atoms with Gasteiger partial charge in [-0.15, -0.1) is 0 Å². The lowest BCUT2D eigenvalue weighted by atomic mass is 9.99. The molecule has 2 aromatic rings. The number of rotatable bonds is 4. The molecule has 1 atom stereocenters. The Morgan fingerprint density at radius 2 is 2.21 bits per heavy atom. The van der Waals surface area contributed by atoms with Crippen LogP contribution in [0.2, 0.25) is 0 Å². The molecule has 2 nitrogen and oxygen atoms in total. The predicted octanol–water partition coefficient (Wildman–Crippen LogP) is 3.11. The first kappa shape index (κ1) is 12.9. The number of hydrogen-bond acceptors (Lipinski definition) is 3. The number of thiophene rings is 1. The van der Waals surface area contributed by atoms with Crippen LogP contribution in [0.4, 0.5) is 0 Å². The molecule has 1 aliphatic heterocycles. The summed E-state index contributed by atoms with van der Waals surface area (Å²) < 4.78 is 0. The number of benzene rings is 1. The van der Waals surface area contributed by atoms with Crippen LogP contribution in [-0.4, -0.2) is 13.1 Å². The van der Waals surface area contributed by atoms with E-state index in [1.165, 1.54) is 23.1 Å². The van der Waals surface area contributed by atoms with E-state index in [-0.39, 0.29) is 0 Å². The zero-order valence-electron chi connectivity index (χ0n) is 11.1. The highest BCUT2D eigenvalue weighted by atomic mass is 32.1. The van der Waals surface area contributed by atoms with E-state index in [1.54, 1.807) is 11.3 Å². The van der Waals surface area contributed by atoms with Crippen molar-refractivity contribution < 1.29 is 0 Å². The highest BCUT2D eigenvalue weighted by Gasteiger charge is 2.16. The van der Waals surface area contributed by atoms with Gasteiger partial charge in [0.05, 0.1) is 0 Å². The second-order valence-electron chi connectivity index (χ2n) is 5.05. The molecule has 3 rings (SSSR count). The van der Waals surface area contributed by atoms with E-state index in [2.05, 4.69) is 51.7 Å². The van der Waals surface area contributed by atoms with Gasteiger partial charge in [-0.3, -0.25) is 0 Å². The third kappa shape index (κ3) is 3.24. The van der Waals surface area contributed by atoms with Gasteiger partial charge in [-0.25, -0.2) is 0 Å². The maximum atomic E-state index is 3.72. The monoisotopic (exact) mass is 272 g/mol. The first-order chi connectivity index (χ1) is 9.43. The highest BCUT2D eigenvalue weighted by molar-refractivity contribution is 7.07. The minimum atomic E-state index is 0.491. The largest absolute Gasteiger partial charge is 0.313 e. The molecule has 0 aliphatic carbocycles. The van der Waals surface area contributed by atoms with Crippen molar-refractivity contribution in [2.24, 2.45) is 0 Å². The summed E-state index contributed by atoms with van der Waals surface area (Å²) in [5, 5.41) is 11.6. The normalized spacial score (nSPS) is 18.8. The fourth-order valence-electron chi connectivity index (χ4n) is 2.70. The van der Waals surface area contributed by atoms with E-state index < -0.39 is 0 Å². The molecule has 0 fully saturated rings. The molecule has 0 saturated carbocycles. The number of nitrogens with one attached hydrogen (secondary N) is 2. The quantitative estimate of drug-likeness (QED) is 0.893. The molecule has 0 radical (unpaired) electrons. The fourth-order valence-corrected chi connectivity index (χ4v) is 3.40. The maximum Gasteiger partial charge on any atom is 0.0335 e. The molecule has 1 aromatic carbocycles. The summed E-state index contributed by atoms with van der Waals surface area (Å²) in [4.78, 5) is 0. The molecular formula is C16H20N2S. The van der Waals surface area contributed by atoms with E-state index in [4.69, 9.17) is 0 Å². The van der Waals surface area contributed by atoms with Gasteiger partial charge < -0.3 is 10.6 Å². The third-order valence-electron chi connectivity index (χ3n) is 3.74. The van der Waals surface area contributed by atoms with Crippen molar-refractivity contribution in [3.63, 3.8) is 0 Å². The smallest absolute Gasteiger partial charge is 0.0335 e. The van der Waals surface area contributed by atoms with Crippen LogP contribution >= 0.6 is 11.3 Å². The highest BCUT2D eigenvalue weighted by Crippen LogP contribution is 2.23. The van der Waals surface area contributed by atoms with Gasteiger partial charge >= 0.3 is 0 Å². The van der Waals surface area contributed by atoms with Gasteiger partial charge in [0.15, 0.2) is 0 Å². The molecule has 1 aromatic heterocycles. The van der Waals surface area contributed by atoms with Crippen molar-refractivity contribution in [1.29, 1.82) is 0 Å². The summed E-state index contributed by atoms with van der Waals surface area (Å²) in [5.41, 5.74) is 4.35. The van der Waals surface area contributed by atoms with Crippen molar-refractivity contribution in [2.75, 3.05) is 13.1 Å². The van der Waals surface area contributed by atoms with Gasteiger partial charge in [0.2, 0.25) is 0 Å². The van der Waals surface area contributed by atoms with Crippen LogP contribution < -0.4 is 10.6 Å². The van der Waals surface area contributed by atoms with Crippen LogP contribution in [0.15, 0.2) is 41.1 Å². The Bertz CT molecular complexity index is 507. The van der Waals surface area contributed by atoms with Crippen molar-refractivity contribution in [2.45, 2.75) is 25.4 Å². The Morgan fingerprint density at radius 3 is 3.11 bits per heavy atom. The molecule has 0 bridgehead atoms. The Morgan fingerprint density at radius 1 is 1.26 bits per heavy atom. The Balaban J connectivity index is 1.63. The second kappa shape index (κ2) is 6.33. The number of hydrogen-bond donors (Lipinski definition) is 2. The lowest BCUT2D eigenvalue weighted by Crippen LogP contribution is -2.25. The first-order valence-corrected chi connectivity index (χ1v) is 7.91. The van der Waals surface area contributed by atoms with E-state index in [0.717, 1.165) is 26.1 Å². The molecule has 3 heteroatoms. The predicted molar refractivity (Wildman–Crippen MR) is 81.5 cm³/mol. The standard InChI is InChI=1S/C16H20N2S/c1-2-4-15-14(3-1)11-17-8-6-16(15)18-9-5-13-7-10-19-12-13/h1-4,7,10,12,16-18H,5-6,8-9,11H2. The van der Waals surface area contributed by atoms with Gasteiger partial charge in [0.25, 0.3) is 0 Å². The van der Waals surface area contributed by atoms with E-state index in [9.17, 15) is 0 Å². The summed E-state index contributed by atoms with van der Waals surface area (Å²) in [6.07, 6.45) is 2.29. The molecule has 2 N–H and O–H groups in total. The van der Waals surface area contributed by atoms with Crippen molar-refractivity contribution in [3.05, 3.63) is 57.8 Å². The first-order valence-electron chi connectivity index (χ1n) is 6.96. The maximum absolute atomic E-state index is 3.72. The Labute approximate surface area is 118 Å². The van der Waals surface area contributed by atoms with Crippen LogP contribution in [0, 0.1) is 0 Å². The van der Waals surface area contributed by atoms with E-state index in [0.29, 0.717) is 6.04 Å². The van der Waals surface area contributed by atoms with Crippen LogP contribution in [0.5, 0.6) is 0 Å². The fraction of sp³-hybridized carbons (Fsp3) is 0.375. The summed E-state index contributed by atoms with van der Waals surface area (Å²) in [6, 6.07) is 11.5. The van der Waals surface area contributed by atoms with Gasteiger partial charge in [-0.1, -0.05) is 24.3 Å². The lowest BCUT2D eigenvalue weighted by molar-refractivity contribution is 0.499. The van der Waals surface area contributed by atoms with Gasteiger partial charge in [-0.2, -0.15) is 11.3 Å². The summed E-state index contributed by atoms with van der Waals surface area (Å²) in [5.74, 6) is 0. The van der Waals surface area contributed by atoms with Crippen LogP contribution in [0.1, 0.15) is 29.2 Å². The molecule has 0 spiro atoms. The lowest BCUT2D eigenvalue weighted by Gasteiger charge is -2.18. The van der Waals surface area contributed by atoms with Crippen LogP contribution in [0.25, 0.3) is 0 Å². The molecule has 0 amide bonds. The van der Waals surface area contributed by atoms with E-state index in [1.807, 2.05) is 0 Å². The van der Waals surface area contributed by atoms with Crippen molar-refractivity contribution in [1.82, 2.24) is 10.6 Å². The Kier molecular flexibility index (Phi) is 4.28. The molecule has 1 unspecified atom stereocenters. The van der Waals surface area contributed by atoms with Gasteiger partial charge in [-0.05, 0) is 59.4 Å². The third-order valence-corrected chi connectivity index (χ3v) is 4.47. The Hall–Kier alpha value is -1.16. The topological polar surface area (TPSA) is 24.1 Å². The SMILES string of the molecule is c1ccc2c(c1)CNCCC2NCCc1ccsc1. The van der Waals surface area contributed by atoms with Crippen molar-refractivity contribution in [3.8, 4) is 0 Å². The number of fused-ring (bicyclic) bond motifs is 1. The minimum absolute atomic E-state index is 0.491.